The molecule has 1 aromatic rings. The zero-order valence-corrected chi connectivity index (χ0v) is 8.95. The smallest absolute Gasteiger partial charge is 0.221 e. The van der Waals surface area contributed by atoms with Gasteiger partial charge in [-0.05, 0) is 0 Å². The highest BCUT2D eigenvalue weighted by molar-refractivity contribution is 5.75. The Morgan fingerprint density at radius 1 is 1.53 bits per heavy atom. The number of carbonyl (C=O) groups excluding carboxylic acids is 1. The summed E-state index contributed by atoms with van der Waals surface area (Å²) < 4.78 is 0. The Bertz CT molecular complexity index is 283. The van der Waals surface area contributed by atoms with Crippen molar-refractivity contribution >= 4 is 5.91 Å². The monoisotopic (exact) mass is 212 g/mol. The van der Waals surface area contributed by atoms with Crippen LogP contribution in [-0.2, 0) is 11.3 Å². The summed E-state index contributed by atoms with van der Waals surface area (Å²) >= 11 is 0. The second-order valence-electron chi connectivity index (χ2n) is 3.46. The third-order valence-electron chi connectivity index (χ3n) is 1.74. The molecule has 0 saturated carbocycles. The maximum atomic E-state index is 11.3. The van der Waals surface area contributed by atoms with Crippen molar-refractivity contribution in [2.75, 3.05) is 6.54 Å². The Balaban J connectivity index is 2.09. The first-order chi connectivity index (χ1) is 7.18. The van der Waals surface area contributed by atoms with Crippen LogP contribution in [-0.4, -0.2) is 39.1 Å². The molecular formula is C8H16N6O. The highest BCUT2D eigenvalue weighted by atomic mass is 16.1. The first-order valence-corrected chi connectivity index (χ1v) is 4.91. The lowest BCUT2D eigenvalue weighted by atomic mass is 10.3. The predicted molar refractivity (Wildman–Crippen MR) is 53.8 cm³/mol. The molecule has 3 N–H and O–H groups in total. The van der Waals surface area contributed by atoms with Gasteiger partial charge in [0.2, 0.25) is 5.91 Å². The van der Waals surface area contributed by atoms with E-state index in [1.54, 1.807) is 0 Å². The lowest BCUT2D eigenvalue weighted by molar-refractivity contribution is -0.121. The van der Waals surface area contributed by atoms with Gasteiger partial charge in [-0.25, -0.2) is 0 Å². The van der Waals surface area contributed by atoms with Gasteiger partial charge in [-0.15, -0.1) is 10.2 Å². The Labute approximate surface area is 88.0 Å². The summed E-state index contributed by atoms with van der Waals surface area (Å²) in [6, 6.07) is 0.398. The molecule has 0 fully saturated rings. The number of aromatic amines is 1. The van der Waals surface area contributed by atoms with E-state index >= 15 is 0 Å². The van der Waals surface area contributed by atoms with Gasteiger partial charge in [0, 0.05) is 19.0 Å². The number of hydrogen-bond donors (Lipinski definition) is 3. The fourth-order valence-electron chi connectivity index (χ4n) is 0.998. The van der Waals surface area contributed by atoms with Gasteiger partial charge in [0.15, 0.2) is 5.82 Å². The molecule has 1 amide bonds. The minimum Gasteiger partial charge on any atom is -0.349 e. The molecule has 0 aromatic carbocycles. The summed E-state index contributed by atoms with van der Waals surface area (Å²) in [5, 5.41) is 19.0. The molecular weight excluding hydrogens is 196 g/mol. The van der Waals surface area contributed by atoms with Crippen LogP contribution in [0.5, 0.6) is 0 Å². The average molecular weight is 212 g/mol. The molecule has 0 atom stereocenters. The van der Waals surface area contributed by atoms with Crippen molar-refractivity contribution in [3.63, 3.8) is 0 Å². The molecule has 7 heteroatoms. The molecule has 1 heterocycles. The van der Waals surface area contributed by atoms with Crippen LogP contribution in [0.4, 0.5) is 0 Å². The lowest BCUT2D eigenvalue weighted by Gasteiger charge is -2.07. The normalized spacial score (nSPS) is 10.6. The topological polar surface area (TPSA) is 95.6 Å². The quantitative estimate of drug-likeness (QED) is 0.574. The molecule has 0 radical (unpaired) electrons. The van der Waals surface area contributed by atoms with Crippen LogP contribution < -0.4 is 10.6 Å². The molecule has 0 unspecified atom stereocenters. The van der Waals surface area contributed by atoms with E-state index in [9.17, 15) is 4.79 Å². The Kier molecular flexibility index (Phi) is 4.69. The number of amides is 1. The van der Waals surface area contributed by atoms with Crippen molar-refractivity contribution in [2.45, 2.75) is 32.9 Å². The Morgan fingerprint density at radius 3 is 2.93 bits per heavy atom. The standard InChI is InChI=1S/C8H16N6O/c1-6(2)9-4-3-8(15)10-5-7-11-13-14-12-7/h6,9H,3-5H2,1-2H3,(H,10,15)(H,11,12,13,14). The number of aromatic nitrogens is 4. The first kappa shape index (κ1) is 11.6. The van der Waals surface area contributed by atoms with E-state index in [-0.39, 0.29) is 5.91 Å². The summed E-state index contributed by atoms with van der Waals surface area (Å²) in [6.07, 6.45) is 0.454. The molecule has 0 aliphatic rings. The third kappa shape index (κ3) is 5.06. The fourth-order valence-corrected chi connectivity index (χ4v) is 0.998. The van der Waals surface area contributed by atoms with Crippen LogP contribution in [0.15, 0.2) is 0 Å². The number of nitrogens with zero attached hydrogens (tertiary/aromatic N) is 3. The summed E-state index contributed by atoms with van der Waals surface area (Å²) in [4.78, 5) is 11.3. The molecule has 7 nitrogen and oxygen atoms in total. The minimum absolute atomic E-state index is 0.0204. The van der Waals surface area contributed by atoms with E-state index in [4.69, 9.17) is 0 Å². The molecule has 0 spiro atoms. The van der Waals surface area contributed by atoms with Crippen LogP contribution in [0, 0.1) is 0 Å². The van der Waals surface area contributed by atoms with E-state index in [0.717, 1.165) is 0 Å². The lowest BCUT2D eigenvalue weighted by Crippen LogP contribution is -2.30. The fraction of sp³-hybridized carbons (Fsp3) is 0.750. The highest BCUT2D eigenvalue weighted by Crippen LogP contribution is 1.85. The van der Waals surface area contributed by atoms with Gasteiger partial charge < -0.3 is 10.6 Å². The maximum Gasteiger partial charge on any atom is 0.221 e. The van der Waals surface area contributed by atoms with Crippen molar-refractivity contribution in [1.29, 1.82) is 0 Å². The number of rotatable bonds is 6. The van der Waals surface area contributed by atoms with Gasteiger partial charge in [0.25, 0.3) is 0 Å². The average Bonchev–Trinajstić information content (AvgIpc) is 2.66. The largest absolute Gasteiger partial charge is 0.349 e. The molecule has 0 bridgehead atoms. The van der Waals surface area contributed by atoms with Crippen molar-refractivity contribution in [3.05, 3.63) is 5.82 Å². The molecule has 84 valence electrons. The van der Waals surface area contributed by atoms with Gasteiger partial charge in [-0.3, -0.25) is 4.79 Å². The predicted octanol–water partition coefficient (Wildman–Crippen LogP) is -0.796. The molecule has 0 saturated heterocycles. The van der Waals surface area contributed by atoms with Gasteiger partial charge in [-0.1, -0.05) is 19.1 Å². The van der Waals surface area contributed by atoms with E-state index in [1.807, 2.05) is 13.8 Å². The van der Waals surface area contributed by atoms with Gasteiger partial charge in [0.1, 0.15) is 0 Å². The molecule has 1 aromatic heterocycles. The van der Waals surface area contributed by atoms with E-state index in [0.29, 0.717) is 31.4 Å². The van der Waals surface area contributed by atoms with Crippen LogP contribution in [0.1, 0.15) is 26.1 Å². The number of tetrazole rings is 1. The molecule has 0 aliphatic carbocycles. The molecule has 15 heavy (non-hydrogen) atoms. The Morgan fingerprint density at radius 2 is 2.33 bits per heavy atom. The number of nitrogens with one attached hydrogen (secondary N) is 3. The van der Waals surface area contributed by atoms with Crippen LogP contribution in [0.2, 0.25) is 0 Å². The second kappa shape index (κ2) is 6.07. The van der Waals surface area contributed by atoms with Gasteiger partial charge >= 0.3 is 0 Å². The zero-order valence-electron chi connectivity index (χ0n) is 8.95. The third-order valence-corrected chi connectivity index (χ3v) is 1.74. The van der Waals surface area contributed by atoms with E-state index < -0.39 is 0 Å². The first-order valence-electron chi connectivity index (χ1n) is 4.91. The maximum absolute atomic E-state index is 11.3. The van der Waals surface area contributed by atoms with Crippen molar-refractivity contribution in [1.82, 2.24) is 31.3 Å². The minimum atomic E-state index is -0.0204. The van der Waals surface area contributed by atoms with Crippen molar-refractivity contribution in [2.24, 2.45) is 0 Å². The molecule has 0 aliphatic heterocycles. The van der Waals surface area contributed by atoms with Crippen molar-refractivity contribution < 1.29 is 4.79 Å². The van der Waals surface area contributed by atoms with E-state index in [1.165, 1.54) is 0 Å². The SMILES string of the molecule is CC(C)NCCC(=O)NCc1nn[nH]n1. The Hall–Kier alpha value is -1.50. The van der Waals surface area contributed by atoms with Crippen LogP contribution >= 0.6 is 0 Å². The number of hydrogen-bond acceptors (Lipinski definition) is 5. The summed E-state index contributed by atoms with van der Waals surface area (Å²) in [6.45, 7) is 5.07. The highest BCUT2D eigenvalue weighted by Gasteiger charge is 2.03. The zero-order chi connectivity index (χ0) is 11.1. The summed E-state index contributed by atoms with van der Waals surface area (Å²) in [5.41, 5.74) is 0. The van der Waals surface area contributed by atoms with Crippen LogP contribution in [0.25, 0.3) is 0 Å². The summed E-state index contributed by atoms with van der Waals surface area (Å²) in [7, 11) is 0. The van der Waals surface area contributed by atoms with Gasteiger partial charge in [-0.2, -0.15) is 5.21 Å². The second-order valence-corrected chi connectivity index (χ2v) is 3.46. The van der Waals surface area contributed by atoms with Crippen LogP contribution in [0.3, 0.4) is 0 Å². The number of carbonyl (C=O) groups is 1. The van der Waals surface area contributed by atoms with Crippen molar-refractivity contribution in [3.8, 4) is 0 Å². The molecule has 1 rings (SSSR count). The van der Waals surface area contributed by atoms with Gasteiger partial charge in [0.05, 0.1) is 6.54 Å². The van der Waals surface area contributed by atoms with E-state index in [2.05, 4.69) is 31.3 Å². The number of H-pyrrole nitrogens is 1. The summed E-state index contributed by atoms with van der Waals surface area (Å²) in [5.74, 6) is 0.466.